The van der Waals surface area contributed by atoms with Crippen molar-refractivity contribution in [2.75, 3.05) is 11.4 Å². The third-order valence-corrected chi connectivity index (χ3v) is 6.62. The van der Waals surface area contributed by atoms with Gasteiger partial charge < -0.3 is 10.1 Å². The van der Waals surface area contributed by atoms with Crippen LogP contribution in [0.4, 0.5) is 5.69 Å². The van der Waals surface area contributed by atoms with Crippen LogP contribution in [0.2, 0.25) is 0 Å². The molecule has 0 saturated carbocycles. The molecule has 10 heteroatoms. The van der Waals surface area contributed by atoms with Crippen molar-refractivity contribution in [1.82, 2.24) is 15.5 Å². The number of carbonyl (C=O) groups is 3. The summed E-state index contributed by atoms with van der Waals surface area (Å²) >= 11 is 10.5. The summed E-state index contributed by atoms with van der Waals surface area (Å²) in [7, 11) is 0. The predicted molar refractivity (Wildman–Crippen MR) is 161 cm³/mol. The summed E-state index contributed by atoms with van der Waals surface area (Å²) < 4.78 is 5.81. The van der Waals surface area contributed by atoms with Gasteiger partial charge in [0.25, 0.3) is 17.7 Å². The quantitative estimate of drug-likeness (QED) is 0.188. The molecule has 2 fully saturated rings. The zero-order chi connectivity index (χ0) is 28.2. The lowest BCUT2D eigenvalue weighted by Crippen LogP contribution is -2.54. The van der Waals surface area contributed by atoms with Gasteiger partial charge in [0.1, 0.15) is 22.8 Å². The van der Waals surface area contributed by atoms with Gasteiger partial charge >= 0.3 is 0 Å². The fourth-order valence-electron chi connectivity index (χ4n) is 4.07. The fraction of sp³-hybridized carbons (Fsp3) is 0.0333. The Hall–Kier alpha value is -4.93. The summed E-state index contributed by atoms with van der Waals surface area (Å²) in [4.78, 5) is 41.3. The van der Waals surface area contributed by atoms with Gasteiger partial charge in [-0.3, -0.25) is 29.5 Å². The summed E-state index contributed by atoms with van der Waals surface area (Å²) in [5.41, 5.74) is 2.13. The summed E-state index contributed by atoms with van der Waals surface area (Å²) in [6, 6.07) is 23.2. The first kappa shape index (κ1) is 26.7. The largest absolute Gasteiger partial charge is 0.457 e. The highest BCUT2D eigenvalue weighted by Crippen LogP contribution is 2.27. The molecule has 0 unspecified atom stereocenters. The molecule has 3 aromatic rings. The van der Waals surface area contributed by atoms with Crippen molar-refractivity contribution in [3.05, 3.63) is 114 Å². The summed E-state index contributed by atoms with van der Waals surface area (Å²) in [6.45, 7) is 3.96. The molecule has 40 heavy (non-hydrogen) atoms. The van der Waals surface area contributed by atoms with Crippen molar-refractivity contribution >= 4 is 70.2 Å². The number of rotatable bonds is 7. The van der Waals surface area contributed by atoms with Crippen molar-refractivity contribution in [2.45, 2.75) is 0 Å². The van der Waals surface area contributed by atoms with Crippen molar-refractivity contribution in [3.63, 3.8) is 0 Å². The molecule has 8 nitrogen and oxygen atoms in total. The fourth-order valence-corrected chi connectivity index (χ4v) is 4.62. The van der Waals surface area contributed by atoms with Gasteiger partial charge in [-0.2, -0.15) is 0 Å². The standard InChI is InChI=1S/C30H22N4O4S2/c1-2-16-33-28(37)25(31-29(33)39)18-20-10-8-19(9-11-20)17-24-26(35)32-30(40)34(27(24)36)21-12-14-23(15-13-21)38-22-6-4-3-5-7-22/h2-15,17-18H,1,16H2,(H,31,39)(H,32,35,40)/b24-17+,25-18-. The first-order valence-corrected chi connectivity index (χ1v) is 13.0. The first-order chi connectivity index (χ1) is 19.3. The number of para-hydroxylation sites is 1. The van der Waals surface area contributed by atoms with Crippen LogP contribution in [-0.2, 0) is 14.4 Å². The van der Waals surface area contributed by atoms with Crippen LogP contribution in [0.15, 0.2) is 103 Å². The molecule has 0 bridgehead atoms. The maximum atomic E-state index is 13.4. The number of benzene rings is 3. The molecule has 0 atom stereocenters. The SMILES string of the molecule is C=CCN1C(=O)/C(=C/c2ccc(/C=C3\C(=O)NC(=S)N(c4ccc(Oc5ccccc5)cc4)C3=O)cc2)NC1=S. The van der Waals surface area contributed by atoms with Gasteiger partial charge in [0.2, 0.25) is 0 Å². The molecule has 2 N–H and O–H groups in total. The van der Waals surface area contributed by atoms with Gasteiger partial charge in [-0.05, 0) is 84.1 Å². The van der Waals surface area contributed by atoms with Crippen molar-refractivity contribution in [1.29, 1.82) is 0 Å². The Labute approximate surface area is 241 Å². The summed E-state index contributed by atoms with van der Waals surface area (Å²) in [5.74, 6) is -0.101. The average Bonchev–Trinajstić information content (AvgIpc) is 3.21. The lowest BCUT2D eigenvalue weighted by molar-refractivity contribution is -0.123. The van der Waals surface area contributed by atoms with Gasteiger partial charge in [0.05, 0.1) is 5.69 Å². The van der Waals surface area contributed by atoms with Crippen LogP contribution >= 0.6 is 24.4 Å². The number of carbonyl (C=O) groups excluding carboxylic acids is 3. The third kappa shape index (κ3) is 5.58. The highest BCUT2D eigenvalue weighted by molar-refractivity contribution is 7.80. The third-order valence-electron chi connectivity index (χ3n) is 6.01. The van der Waals surface area contributed by atoms with Crippen molar-refractivity contribution in [2.24, 2.45) is 0 Å². The number of anilines is 1. The minimum Gasteiger partial charge on any atom is -0.457 e. The van der Waals surface area contributed by atoms with E-state index < -0.39 is 11.8 Å². The Balaban J connectivity index is 1.33. The van der Waals surface area contributed by atoms with Crippen LogP contribution in [0.25, 0.3) is 12.2 Å². The number of nitrogens with one attached hydrogen (secondary N) is 2. The average molecular weight is 567 g/mol. The Kier molecular flexibility index (Phi) is 7.63. The molecule has 0 spiro atoms. The Morgan fingerprint density at radius 1 is 0.750 bits per heavy atom. The lowest BCUT2D eigenvalue weighted by atomic mass is 10.0. The van der Waals surface area contributed by atoms with E-state index in [0.29, 0.717) is 40.1 Å². The Morgan fingerprint density at radius 2 is 1.38 bits per heavy atom. The molecule has 3 aromatic carbocycles. The highest BCUT2D eigenvalue weighted by Gasteiger charge is 2.34. The van der Waals surface area contributed by atoms with Crippen LogP contribution in [0.3, 0.4) is 0 Å². The van der Waals surface area contributed by atoms with Crippen LogP contribution < -0.4 is 20.3 Å². The highest BCUT2D eigenvalue weighted by atomic mass is 32.1. The molecule has 0 aromatic heterocycles. The zero-order valence-electron chi connectivity index (χ0n) is 21.0. The Bertz CT molecular complexity index is 1600. The van der Waals surface area contributed by atoms with E-state index in [2.05, 4.69) is 17.2 Å². The molecule has 2 aliphatic rings. The second kappa shape index (κ2) is 11.4. The van der Waals surface area contributed by atoms with E-state index in [0.717, 1.165) is 5.56 Å². The zero-order valence-corrected chi connectivity index (χ0v) is 22.6. The van der Waals surface area contributed by atoms with Gasteiger partial charge in [0.15, 0.2) is 10.2 Å². The molecule has 2 heterocycles. The molecule has 0 radical (unpaired) electrons. The van der Waals surface area contributed by atoms with E-state index in [1.165, 1.54) is 15.9 Å². The van der Waals surface area contributed by atoms with Gasteiger partial charge in [-0.1, -0.05) is 48.5 Å². The summed E-state index contributed by atoms with van der Waals surface area (Å²) in [5, 5.41) is 5.80. The van der Waals surface area contributed by atoms with Crippen molar-refractivity contribution in [3.8, 4) is 11.5 Å². The summed E-state index contributed by atoms with van der Waals surface area (Å²) in [6.07, 6.45) is 4.78. The van der Waals surface area contributed by atoms with Crippen LogP contribution in [0.5, 0.6) is 11.5 Å². The van der Waals surface area contributed by atoms with E-state index in [9.17, 15) is 14.4 Å². The van der Waals surface area contributed by atoms with E-state index >= 15 is 0 Å². The number of amides is 3. The minimum atomic E-state index is -0.585. The topological polar surface area (TPSA) is 91.0 Å². The van der Waals surface area contributed by atoms with Gasteiger partial charge in [0, 0.05) is 6.54 Å². The number of thiocarbonyl (C=S) groups is 2. The molecule has 2 saturated heterocycles. The molecular weight excluding hydrogens is 544 g/mol. The molecular formula is C30H22N4O4S2. The smallest absolute Gasteiger partial charge is 0.276 e. The monoisotopic (exact) mass is 566 g/mol. The lowest BCUT2D eigenvalue weighted by Gasteiger charge is -2.29. The van der Waals surface area contributed by atoms with Crippen LogP contribution in [0, 0.1) is 0 Å². The van der Waals surface area contributed by atoms with E-state index in [1.807, 2.05) is 30.3 Å². The predicted octanol–water partition coefficient (Wildman–Crippen LogP) is 4.55. The van der Waals surface area contributed by atoms with E-state index in [-0.39, 0.29) is 16.6 Å². The maximum absolute atomic E-state index is 13.4. The number of ether oxygens (including phenoxy) is 1. The number of nitrogens with zero attached hydrogens (tertiary/aromatic N) is 2. The van der Waals surface area contributed by atoms with Crippen molar-refractivity contribution < 1.29 is 19.1 Å². The number of hydrogen-bond acceptors (Lipinski definition) is 6. The first-order valence-electron chi connectivity index (χ1n) is 12.1. The Morgan fingerprint density at radius 3 is 2.02 bits per heavy atom. The van der Waals surface area contributed by atoms with Crippen LogP contribution in [0.1, 0.15) is 11.1 Å². The molecule has 2 aliphatic heterocycles. The maximum Gasteiger partial charge on any atom is 0.276 e. The van der Waals surface area contributed by atoms with Crippen LogP contribution in [-0.4, -0.2) is 39.4 Å². The second-order valence-electron chi connectivity index (χ2n) is 8.73. The minimum absolute atomic E-state index is 0.0111. The van der Waals surface area contributed by atoms with Gasteiger partial charge in [-0.25, -0.2) is 0 Å². The second-order valence-corrected chi connectivity index (χ2v) is 9.50. The van der Waals surface area contributed by atoms with Gasteiger partial charge in [-0.15, -0.1) is 6.58 Å². The normalized spacial score (nSPS) is 17.4. The molecule has 5 rings (SSSR count). The van der Waals surface area contributed by atoms with E-state index in [1.54, 1.807) is 60.7 Å². The number of hydrogen-bond donors (Lipinski definition) is 2. The molecule has 3 amide bonds. The molecule has 0 aliphatic carbocycles. The molecule has 198 valence electrons. The van der Waals surface area contributed by atoms with E-state index in [4.69, 9.17) is 29.2 Å².